The van der Waals surface area contributed by atoms with Crippen LogP contribution < -0.4 is 11.1 Å². The van der Waals surface area contributed by atoms with E-state index in [-0.39, 0.29) is 18.7 Å². The number of nitrogens with one attached hydrogen (secondary N) is 1. The highest BCUT2D eigenvalue weighted by Gasteiger charge is 2.32. The normalized spacial score (nSPS) is 21.3. The Labute approximate surface area is 134 Å². The van der Waals surface area contributed by atoms with E-state index in [1.54, 1.807) is 30.4 Å². The van der Waals surface area contributed by atoms with Gasteiger partial charge in [-0.25, -0.2) is 4.98 Å². The molecule has 1 amide bonds. The van der Waals surface area contributed by atoms with E-state index >= 15 is 0 Å². The molecule has 1 aromatic rings. The lowest BCUT2D eigenvalue weighted by atomic mass is 9.77. The van der Waals surface area contributed by atoms with E-state index in [0.29, 0.717) is 17.9 Å². The maximum Gasteiger partial charge on any atom is 0.478 e. The first-order chi connectivity index (χ1) is 10.9. The van der Waals surface area contributed by atoms with Gasteiger partial charge in [0.1, 0.15) is 5.82 Å². The summed E-state index contributed by atoms with van der Waals surface area (Å²) in [7, 11) is -1.24. The number of carbonyl (C=O) groups is 1. The maximum atomic E-state index is 12.0. The highest BCUT2D eigenvalue weighted by molar-refractivity contribution is 6.45. The van der Waals surface area contributed by atoms with Crippen molar-refractivity contribution in [3.63, 3.8) is 0 Å². The van der Waals surface area contributed by atoms with Gasteiger partial charge < -0.3 is 30.9 Å². The third kappa shape index (κ3) is 5.64. The zero-order chi connectivity index (χ0) is 16.8. The van der Waals surface area contributed by atoms with Crippen LogP contribution in [0.15, 0.2) is 30.4 Å². The zero-order valence-electron chi connectivity index (χ0n) is 12.5. The number of aromatic nitrogens is 1. The highest BCUT2D eigenvalue weighted by Crippen LogP contribution is 2.13. The molecule has 0 bridgehead atoms. The lowest BCUT2D eigenvalue weighted by Crippen LogP contribution is -2.48. The van der Waals surface area contributed by atoms with Crippen molar-refractivity contribution in [3.05, 3.63) is 36.0 Å². The number of pyridine rings is 1. The first-order valence-electron chi connectivity index (χ1n) is 7.31. The van der Waals surface area contributed by atoms with Gasteiger partial charge in [0, 0.05) is 6.42 Å². The van der Waals surface area contributed by atoms with Crippen LogP contribution in [0.3, 0.4) is 0 Å². The summed E-state index contributed by atoms with van der Waals surface area (Å²) in [6.07, 6.45) is 1.56. The lowest BCUT2D eigenvalue weighted by molar-refractivity contribution is -0.121. The molecular formula is C14H20BN3O5. The second-order valence-corrected chi connectivity index (χ2v) is 5.35. The van der Waals surface area contributed by atoms with Crippen LogP contribution in [0.1, 0.15) is 18.5 Å². The number of nitrogens with zero attached hydrogens (tertiary/aromatic N) is 1. The van der Waals surface area contributed by atoms with Gasteiger partial charge in [0.05, 0.1) is 24.2 Å². The number of anilines is 1. The predicted molar refractivity (Wildman–Crippen MR) is 83.7 cm³/mol. The van der Waals surface area contributed by atoms with Crippen molar-refractivity contribution < 1.29 is 24.7 Å². The van der Waals surface area contributed by atoms with Crippen LogP contribution in [0.5, 0.6) is 0 Å². The summed E-state index contributed by atoms with van der Waals surface area (Å²) in [5.74, 6) is -0.605. The Kier molecular flexibility index (Phi) is 6.11. The van der Waals surface area contributed by atoms with Crippen LogP contribution in [0.2, 0.25) is 0 Å². The first-order valence-corrected chi connectivity index (χ1v) is 7.31. The molecule has 1 aliphatic heterocycles. The highest BCUT2D eigenvalue weighted by atomic mass is 16.5. The minimum atomic E-state index is -1.53. The number of nitrogen functional groups attached to an aromatic ring is 1. The number of aliphatic hydroxyl groups excluding tert-OH is 1. The van der Waals surface area contributed by atoms with Crippen molar-refractivity contribution in [1.82, 2.24) is 10.3 Å². The summed E-state index contributed by atoms with van der Waals surface area (Å²) < 4.78 is 5.30. The maximum absolute atomic E-state index is 12.0. The summed E-state index contributed by atoms with van der Waals surface area (Å²) >= 11 is 0. The molecule has 124 valence electrons. The molecule has 0 unspecified atom stereocenters. The molecule has 2 rings (SSSR count). The van der Waals surface area contributed by atoms with E-state index in [0.717, 1.165) is 0 Å². The van der Waals surface area contributed by atoms with Crippen LogP contribution >= 0.6 is 0 Å². The SMILES string of the molecule is Nc1cccc(CC(=O)N[C@H]2CC=C[C@H](CC(O)O)OB2O)n1. The number of aliphatic hydroxyl groups is 2. The van der Waals surface area contributed by atoms with Crippen LogP contribution in [0, 0.1) is 0 Å². The van der Waals surface area contributed by atoms with Gasteiger partial charge in [0.2, 0.25) is 5.91 Å². The summed E-state index contributed by atoms with van der Waals surface area (Å²) in [4.78, 5) is 16.1. The number of rotatable bonds is 5. The summed E-state index contributed by atoms with van der Waals surface area (Å²) in [5, 5.41) is 30.6. The molecule has 6 N–H and O–H groups in total. The van der Waals surface area contributed by atoms with E-state index < -0.39 is 25.5 Å². The van der Waals surface area contributed by atoms with E-state index in [1.165, 1.54) is 0 Å². The molecule has 2 atom stereocenters. The fourth-order valence-electron chi connectivity index (χ4n) is 2.30. The van der Waals surface area contributed by atoms with Crippen molar-refractivity contribution in [2.45, 2.75) is 37.6 Å². The van der Waals surface area contributed by atoms with Crippen molar-refractivity contribution in [1.29, 1.82) is 0 Å². The fraction of sp³-hybridized carbons (Fsp3) is 0.429. The van der Waals surface area contributed by atoms with Gasteiger partial charge in [-0.2, -0.15) is 0 Å². The Morgan fingerprint density at radius 2 is 2.30 bits per heavy atom. The Hall–Kier alpha value is -1.94. The Morgan fingerprint density at radius 1 is 1.52 bits per heavy atom. The van der Waals surface area contributed by atoms with E-state index in [1.807, 2.05) is 0 Å². The molecular weight excluding hydrogens is 301 g/mol. The molecule has 0 saturated carbocycles. The zero-order valence-corrected chi connectivity index (χ0v) is 12.5. The van der Waals surface area contributed by atoms with Crippen LogP contribution in [-0.4, -0.2) is 51.6 Å². The molecule has 0 fully saturated rings. The number of hydrogen-bond donors (Lipinski definition) is 5. The third-order valence-corrected chi connectivity index (χ3v) is 3.36. The van der Waals surface area contributed by atoms with Gasteiger partial charge in [-0.3, -0.25) is 4.79 Å². The molecule has 0 spiro atoms. The standard InChI is InChI=1S/C14H20BN3O5/c16-12-6-1-3-9(17-12)7-13(19)18-11-5-2-4-10(8-14(20)21)23-15(11)22/h1-4,6,10-11,14,20-22H,5,7-8H2,(H2,16,17)(H,18,19)/t10-,11+/m1/s1. The van der Waals surface area contributed by atoms with Crippen LogP contribution in [0.4, 0.5) is 5.82 Å². The molecule has 23 heavy (non-hydrogen) atoms. The summed E-state index contributed by atoms with van der Waals surface area (Å²) in [5.41, 5.74) is 6.09. The Balaban J connectivity index is 1.89. The van der Waals surface area contributed by atoms with Gasteiger partial charge in [0.25, 0.3) is 0 Å². The van der Waals surface area contributed by atoms with Crippen LogP contribution in [0.25, 0.3) is 0 Å². The lowest BCUT2D eigenvalue weighted by Gasteiger charge is -2.21. The largest absolute Gasteiger partial charge is 0.478 e. The Morgan fingerprint density at radius 3 is 3.00 bits per heavy atom. The predicted octanol–water partition coefficient (Wildman–Crippen LogP) is -1.24. The average molecular weight is 321 g/mol. The molecule has 0 aliphatic carbocycles. The molecule has 0 radical (unpaired) electrons. The molecule has 2 heterocycles. The minimum absolute atomic E-state index is 0.0384. The average Bonchev–Trinajstić information content (AvgIpc) is 2.60. The van der Waals surface area contributed by atoms with Crippen molar-refractivity contribution in [2.75, 3.05) is 5.73 Å². The molecule has 9 heteroatoms. The molecule has 8 nitrogen and oxygen atoms in total. The van der Waals surface area contributed by atoms with E-state index in [4.69, 9.17) is 20.6 Å². The summed E-state index contributed by atoms with van der Waals surface area (Å²) in [6.45, 7) is 0. The molecule has 1 aromatic heterocycles. The van der Waals surface area contributed by atoms with Gasteiger partial charge in [0.15, 0.2) is 6.29 Å². The molecule has 0 saturated heterocycles. The van der Waals surface area contributed by atoms with Gasteiger partial charge in [-0.15, -0.1) is 0 Å². The third-order valence-electron chi connectivity index (χ3n) is 3.36. The second-order valence-electron chi connectivity index (χ2n) is 5.35. The van der Waals surface area contributed by atoms with E-state index in [2.05, 4.69) is 10.3 Å². The van der Waals surface area contributed by atoms with Crippen molar-refractivity contribution in [2.24, 2.45) is 0 Å². The quantitative estimate of drug-likeness (QED) is 0.260. The topological polar surface area (TPSA) is 138 Å². The van der Waals surface area contributed by atoms with E-state index in [9.17, 15) is 9.82 Å². The van der Waals surface area contributed by atoms with Gasteiger partial charge >= 0.3 is 7.12 Å². The monoisotopic (exact) mass is 321 g/mol. The number of hydrogen-bond acceptors (Lipinski definition) is 7. The molecule has 1 aliphatic rings. The van der Waals surface area contributed by atoms with Gasteiger partial charge in [-0.1, -0.05) is 18.2 Å². The van der Waals surface area contributed by atoms with Crippen molar-refractivity contribution in [3.8, 4) is 0 Å². The smallest absolute Gasteiger partial charge is 0.426 e. The molecule has 0 aromatic carbocycles. The second kappa shape index (κ2) is 8.07. The first kappa shape index (κ1) is 17.4. The summed E-state index contributed by atoms with van der Waals surface area (Å²) in [6, 6.07) is 5.03. The fourth-order valence-corrected chi connectivity index (χ4v) is 2.30. The number of amides is 1. The van der Waals surface area contributed by atoms with Gasteiger partial charge in [-0.05, 0) is 18.6 Å². The van der Waals surface area contributed by atoms with Crippen LogP contribution in [-0.2, 0) is 15.9 Å². The Bertz CT molecular complexity index is 569. The van der Waals surface area contributed by atoms with Crippen molar-refractivity contribution >= 4 is 18.8 Å². The number of nitrogens with two attached hydrogens (primary N) is 1. The minimum Gasteiger partial charge on any atom is -0.426 e. The number of carbonyl (C=O) groups excluding carboxylic acids is 1.